The average Bonchev–Trinajstić information content (AvgIpc) is 3.43. The van der Waals surface area contributed by atoms with Crippen LogP contribution in [0.1, 0.15) is 24.1 Å². The lowest BCUT2D eigenvalue weighted by Gasteiger charge is -2.07. The molecular formula is C19H22N4O6P+. The highest BCUT2D eigenvalue weighted by atomic mass is 31.2. The average molecular weight is 433 g/mol. The molecule has 0 radical (unpaired) electrons. The first-order chi connectivity index (χ1) is 14.4. The molecule has 4 N–H and O–H groups in total. The molecule has 1 fully saturated rings. The predicted octanol–water partition coefficient (Wildman–Crippen LogP) is 2.05. The molecule has 11 heteroatoms. The van der Waals surface area contributed by atoms with Crippen LogP contribution >= 0.6 is 7.82 Å². The Kier molecular flexibility index (Phi) is 5.83. The van der Waals surface area contributed by atoms with Crippen LogP contribution in [0.25, 0.3) is 11.3 Å². The molecule has 0 unspecified atom stereocenters. The number of pyridine rings is 2. The van der Waals surface area contributed by atoms with Crippen LogP contribution in [0, 0.1) is 5.92 Å². The molecular weight excluding hydrogens is 411 g/mol. The summed E-state index contributed by atoms with van der Waals surface area (Å²) in [7, 11) is -4.61. The highest BCUT2D eigenvalue weighted by Crippen LogP contribution is 2.35. The standard InChI is InChI=1S/C19H21N4O6P/c20-19-16(2-1-7-23(19)12-28-30(24,25)26)17-10-15(22-29-17)8-14-5-6-21-18(9-14)27-11-13-3-4-13/h1-2,5-7,9-10,13,20H,3-4,8,11-12H2,(H2,24,25,26)/p+1. The number of nitrogen functional groups attached to an aromatic ring is 1. The third-order valence-corrected chi connectivity index (χ3v) is 5.10. The van der Waals surface area contributed by atoms with Gasteiger partial charge in [-0.1, -0.05) is 5.16 Å². The van der Waals surface area contributed by atoms with E-state index in [0.29, 0.717) is 41.8 Å². The predicted molar refractivity (Wildman–Crippen MR) is 105 cm³/mol. The molecule has 1 aliphatic rings. The lowest BCUT2D eigenvalue weighted by molar-refractivity contribution is -0.711. The van der Waals surface area contributed by atoms with E-state index in [1.54, 1.807) is 30.6 Å². The molecule has 30 heavy (non-hydrogen) atoms. The zero-order valence-corrected chi connectivity index (χ0v) is 16.9. The van der Waals surface area contributed by atoms with Gasteiger partial charge >= 0.3 is 7.82 Å². The quantitative estimate of drug-likeness (QED) is 0.341. The SMILES string of the molecule is Nc1c(-c2cc(Cc3ccnc(OCC4CC4)c3)no2)ccc[n+]1COP(=O)(O)O. The van der Waals surface area contributed by atoms with Crippen LogP contribution in [0.4, 0.5) is 5.82 Å². The molecule has 0 bridgehead atoms. The Hall–Kier alpha value is -2.78. The maximum Gasteiger partial charge on any atom is 0.472 e. The van der Waals surface area contributed by atoms with Crippen molar-refractivity contribution in [2.24, 2.45) is 5.92 Å². The Morgan fingerprint density at radius 1 is 1.30 bits per heavy atom. The van der Waals surface area contributed by atoms with Gasteiger partial charge in [-0.2, -0.15) is 0 Å². The van der Waals surface area contributed by atoms with Crippen LogP contribution in [-0.4, -0.2) is 26.5 Å². The van der Waals surface area contributed by atoms with Crippen LogP contribution in [0.15, 0.2) is 47.2 Å². The van der Waals surface area contributed by atoms with Gasteiger partial charge in [-0.3, -0.25) is 5.73 Å². The molecule has 3 aromatic heterocycles. The number of hydrogen-bond acceptors (Lipinski definition) is 7. The summed E-state index contributed by atoms with van der Waals surface area (Å²) in [6, 6.07) is 8.95. The molecule has 0 amide bonds. The number of aromatic nitrogens is 3. The Morgan fingerprint density at radius 2 is 2.13 bits per heavy atom. The van der Waals surface area contributed by atoms with Gasteiger partial charge in [0.25, 0.3) is 5.82 Å². The summed E-state index contributed by atoms with van der Waals surface area (Å²) < 4.78 is 27.9. The zero-order chi connectivity index (χ0) is 21.1. The fourth-order valence-corrected chi connectivity index (χ4v) is 3.16. The topological polar surface area (TPSA) is 145 Å². The van der Waals surface area contributed by atoms with E-state index in [1.165, 1.54) is 17.4 Å². The van der Waals surface area contributed by atoms with E-state index in [0.717, 1.165) is 5.56 Å². The molecule has 10 nitrogen and oxygen atoms in total. The molecule has 1 saturated carbocycles. The highest BCUT2D eigenvalue weighted by molar-refractivity contribution is 7.46. The molecule has 0 aliphatic heterocycles. The van der Waals surface area contributed by atoms with Crippen molar-refractivity contribution in [1.82, 2.24) is 10.1 Å². The summed E-state index contributed by atoms with van der Waals surface area (Å²) >= 11 is 0. The van der Waals surface area contributed by atoms with Crippen molar-refractivity contribution < 1.29 is 32.7 Å². The zero-order valence-electron chi connectivity index (χ0n) is 16.0. The fourth-order valence-electron chi connectivity index (χ4n) is 2.88. The largest absolute Gasteiger partial charge is 0.477 e. The lowest BCUT2D eigenvalue weighted by Crippen LogP contribution is -2.38. The van der Waals surface area contributed by atoms with E-state index in [1.807, 2.05) is 12.1 Å². The van der Waals surface area contributed by atoms with Crippen molar-refractivity contribution in [1.29, 1.82) is 0 Å². The van der Waals surface area contributed by atoms with Gasteiger partial charge in [-0.25, -0.2) is 18.6 Å². The van der Waals surface area contributed by atoms with E-state index in [9.17, 15) is 4.57 Å². The maximum absolute atomic E-state index is 10.9. The maximum atomic E-state index is 10.9. The molecule has 0 atom stereocenters. The molecule has 0 saturated heterocycles. The number of hydrogen-bond donors (Lipinski definition) is 3. The van der Waals surface area contributed by atoms with Crippen LogP contribution in [-0.2, 0) is 22.2 Å². The van der Waals surface area contributed by atoms with Gasteiger partial charge in [0, 0.05) is 24.8 Å². The van der Waals surface area contributed by atoms with E-state index >= 15 is 0 Å². The summed E-state index contributed by atoms with van der Waals surface area (Å²) in [5.74, 6) is 1.92. The summed E-state index contributed by atoms with van der Waals surface area (Å²) in [6.07, 6.45) is 6.22. The first kappa shape index (κ1) is 20.5. The van der Waals surface area contributed by atoms with Crippen LogP contribution in [0.3, 0.4) is 0 Å². The second-order valence-corrected chi connectivity index (χ2v) is 8.38. The van der Waals surface area contributed by atoms with Crippen molar-refractivity contribution in [2.75, 3.05) is 12.3 Å². The lowest BCUT2D eigenvalue weighted by atomic mass is 10.1. The minimum absolute atomic E-state index is 0.230. The van der Waals surface area contributed by atoms with Crippen molar-refractivity contribution >= 4 is 13.6 Å². The number of nitrogens with two attached hydrogens (primary N) is 1. The Bertz CT molecular complexity index is 1080. The summed E-state index contributed by atoms with van der Waals surface area (Å²) in [6.45, 7) is 0.301. The van der Waals surface area contributed by atoms with E-state index in [2.05, 4.69) is 14.7 Å². The van der Waals surface area contributed by atoms with Crippen molar-refractivity contribution in [3.05, 3.63) is 54.0 Å². The first-order valence-corrected chi connectivity index (χ1v) is 10.9. The van der Waals surface area contributed by atoms with Gasteiger partial charge in [-0.15, -0.1) is 0 Å². The third-order valence-electron chi connectivity index (χ3n) is 4.65. The van der Waals surface area contributed by atoms with E-state index < -0.39 is 14.6 Å². The van der Waals surface area contributed by atoms with E-state index in [4.69, 9.17) is 24.8 Å². The van der Waals surface area contributed by atoms with Crippen molar-refractivity contribution in [2.45, 2.75) is 26.0 Å². The summed E-state index contributed by atoms with van der Waals surface area (Å²) in [5, 5.41) is 4.10. The van der Waals surface area contributed by atoms with Crippen molar-refractivity contribution in [3.63, 3.8) is 0 Å². The van der Waals surface area contributed by atoms with Gasteiger partial charge in [0.05, 0.1) is 18.5 Å². The second kappa shape index (κ2) is 8.53. The van der Waals surface area contributed by atoms with Gasteiger partial charge < -0.3 is 19.0 Å². The number of nitrogens with zero attached hydrogens (tertiary/aromatic N) is 3. The normalized spacial score (nSPS) is 14.1. The monoisotopic (exact) mass is 433 g/mol. The number of phosphoric acid groups is 1. The molecule has 0 spiro atoms. The summed E-state index contributed by atoms with van der Waals surface area (Å²) in [4.78, 5) is 22.0. The second-order valence-electron chi connectivity index (χ2n) is 7.14. The van der Waals surface area contributed by atoms with E-state index in [-0.39, 0.29) is 5.82 Å². The molecule has 158 valence electrons. The van der Waals surface area contributed by atoms with Crippen LogP contribution < -0.4 is 15.0 Å². The van der Waals surface area contributed by atoms with Crippen LogP contribution in [0.5, 0.6) is 5.88 Å². The minimum atomic E-state index is -4.61. The van der Waals surface area contributed by atoms with Crippen LogP contribution in [0.2, 0.25) is 0 Å². The molecule has 3 aromatic rings. The number of phosphoric ester groups is 1. The van der Waals surface area contributed by atoms with Gasteiger partial charge in [0.1, 0.15) is 5.56 Å². The Balaban J connectivity index is 1.46. The van der Waals surface area contributed by atoms with Gasteiger partial charge in [0.15, 0.2) is 5.76 Å². The molecule has 0 aromatic carbocycles. The molecule has 4 rings (SSSR count). The highest BCUT2D eigenvalue weighted by Gasteiger charge is 2.22. The number of rotatable bonds is 9. The third kappa shape index (κ3) is 5.43. The van der Waals surface area contributed by atoms with Crippen molar-refractivity contribution in [3.8, 4) is 17.2 Å². The smallest absolute Gasteiger partial charge is 0.472 e. The minimum Gasteiger partial charge on any atom is -0.477 e. The number of ether oxygens (including phenoxy) is 1. The number of anilines is 1. The summed E-state index contributed by atoms with van der Waals surface area (Å²) in [5.41, 5.74) is 8.33. The van der Waals surface area contributed by atoms with Gasteiger partial charge in [-0.05, 0) is 42.5 Å². The first-order valence-electron chi connectivity index (χ1n) is 9.39. The molecule has 3 heterocycles. The molecule has 1 aliphatic carbocycles. The Labute approximate surface area is 172 Å². The fraction of sp³-hybridized carbons (Fsp3) is 0.316. The van der Waals surface area contributed by atoms with Gasteiger partial charge in [0.2, 0.25) is 12.6 Å². The Morgan fingerprint density at radius 3 is 2.90 bits per heavy atom.